The Morgan fingerprint density at radius 3 is 2.50 bits per heavy atom. The molecule has 2 heterocycles. The van der Waals surface area contributed by atoms with E-state index in [1.807, 2.05) is 20.8 Å². The minimum atomic E-state index is -4.82. The monoisotopic (exact) mass is 569 g/mol. The van der Waals surface area contributed by atoms with E-state index in [9.17, 15) is 18.2 Å². The summed E-state index contributed by atoms with van der Waals surface area (Å²) in [5.41, 5.74) is 7.11. The van der Waals surface area contributed by atoms with Gasteiger partial charge in [-0.15, -0.1) is 10.2 Å². The largest absolute Gasteiger partial charge is 1.00 e. The molecule has 13 nitrogen and oxygen atoms in total. The molecule has 2 aromatic heterocycles. The van der Waals surface area contributed by atoms with Crippen LogP contribution in [0.5, 0.6) is 0 Å². The first-order chi connectivity index (χ1) is 15.9. The normalized spacial score (nSPS) is 11.7. The number of hydrogen-bond acceptors (Lipinski definition) is 13. The molecular formula is C18H17N7Na2O6S3. The molecule has 0 amide bonds. The maximum Gasteiger partial charge on any atom is 1.00 e. The molecule has 0 saturated heterocycles. The zero-order valence-corrected chi connectivity index (χ0v) is 26.6. The number of nitrogens with zero attached hydrogens (tertiary/aromatic N) is 6. The van der Waals surface area contributed by atoms with Gasteiger partial charge in [-0.25, -0.2) is 22.3 Å². The summed E-state index contributed by atoms with van der Waals surface area (Å²) in [5, 5.41) is 26.8. The van der Waals surface area contributed by atoms with Gasteiger partial charge >= 0.3 is 59.1 Å². The van der Waals surface area contributed by atoms with Crippen LogP contribution in [-0.4, -0.2) is 27.1 Å². The van der Waals surface area contributed by atoms with Crippen molar-refractivity contribution in [3.63, 3.8) is 0 Å². The van der Waals surface area contributed by atoms with Crippen LogP contribution in [0.2, 0.25) is 0 Å². The van der Waals surface area contributed by atoms with Gasteiger partial charge in [0.2, 0.25) is 5.69 Å². The first-order valence-corrected chi connectivity index (χ1v) is 12.2. The quantitative estimate of drug-likeness (QED) is 0.0613. The second kappa shape index (κ2) is 13.2. The molecule has 0 fully saturated rings. The van der Waals surface area contributed by atoms with E-state index < -0.39 is 20.4 Å². The molecule has 3 rings (SSSR count). The summed E-state index contributed by atoms with van der Waals surface area (Å²) < 4.78 is 44.4. The Morgan fingerprint density at radius 2 is 1.94 bits per heavy atom. The third-order valence-electron chi connectivity index (χ3n) is 4.37. The van der Waals surface area contributed by atoms with Crippen molar-refractivity contribution in [3.05, 3.63) is 41.0 Å². The molecule has 0 radical (unpaired) electrons. The van der Waals surface area contributed by atoms with Gasteiger partial charge in [0.05, 0.1) is 45.5 Å². The predicted octanol–water partition coefficient (Wildman–Crippen LogP) is -2.37. The van der Waals surface area contributed by atoms with E-state index in [0.29, 0.717) is 23.4 Å². The van der Waals surface area contributed by atoms with Crippen LogP contribution in [0.1, 0.15) is 32.2 Å². The number of azo groups is 1. The van der Waals surface area contributed by atoms with Crippen LogP contribution in [0.15, 0.2) is 38.2 Å². The number of nitrogen functional groups attached to an aromatic ring is 1. The maximum absolute atomic E-state index is 11.6. The van der Waals surface area contributed by atoms with Crippen LogP contribution < -0.4 is 70.1 Å². The van der Waals surface area contributed by atoms with E-state index in [4.69, 9.17) is 12.3 Å². The molecule has 180 valence electrons. The van der Waals surface area contributed by atoms with Gasteiger partial charge in [0.15, 0.2) is 16.5 Å². The molecular weight excluding hydrogens is 552 g/mol. The maximum atomic E-state index is 11.6. The van der Waals surface area contributed by atoms with Crippen molar-refractivity contribution in [2.75, 3.05) is 5.73 Å². The molecule has 0 aliphatic carbocycles. The molecule has 18 heteroatoms. The minimum Gasteiger partial charge on any atom is -0.744 e. The van der Waals surface area contributed by atoms with Gasteiger partial charge in [-0.3, -0.25) is 5.04 Å². The van der Waals surface area contributed by atoms with Gasteiger partial charge in [0.25, 0.3) is 0 Å². The molecule has 0 aliphatic rings. The van der Waals surface area contributed by atoms with Crippen LogP contribution in [0.3, 0.4) is 0 Å². The molecule has 2 N–H and O–H groups in total. The van der Waals surface area contributed by atoms with Crippen molar-refractivity contribution < 1.29 is 86.7 Å². The number of aromatic nitrogens is 3. The molecule has 0 unspecified atom stereocenters. The molecule has 0 aliphatic heterocycles. The van der Waals surface area contributed by atoms with E-state index in [-0.39, 0.29) is 91.9 Å². The van der Waals surface area contributed by atoms with Crippen molar-refractivity contribution in [3.8, 4) is 5.69 Å². The standard InChI is InChI=1S/C18H19N7O6S3.2Na/c1-9-13(20-5)17(32-24-9)22-21-14-15(18(2,3)4)23-25(16(14)19)11-8-10(34(27,28)29)6-7-12(11)33-31-30-26;;/h6-8,26H,19H2,1-4H3,(H,27,28,29);;/q;2*+1/p-2. The molecule has 36 heavy (non-hydrogen) atoms. The second-order valence-electron chi connectivity index (χ2n) is 7.78. The molecule has 3 aromatic rings. The van der Waals surface area contributed by atoms with E-state index in [1.54, 1.807) is 6.92 Å². The summed E-state index contributed by atoms with van der Waals surface area (Å²) in [6.45, 7) is 14.5. The van der Waals surface area contributed by atoms with E-state index in [0.717, 1.165) is 28.3 Å². The topological polar surface area (TPSA) is 185 Å². The average molecular weight is 570 g/mol. The van der Waals surface area contributed by atoms with Crippen molar-refractivity contribution in [2.24, 2.45) is 10.2 Å². The summed E-state index contributed by atoms with van der Waals surface area (Å²) >= 11 is 1.47. The predicted molar refractivity (Wildman–Crippen MR) is 120 cm³/mol. The van der Waals surface area contributed by atoms with Crippen molar-refractivity contribution in [1.29, 1.82) is 0 Å². The number of benzene rings is 1. The fourth-order valence-corrected chi connectivity index (χ4v) is 4.41. The van der Waals surface area contributed by atoms with Crippen molar-refractivity contribution in [1.82, 2.24) is 14.2 Å². The molecule has 0 bridgehead atoms. The first-order valence-electron chi connectivity index (χ1n) is 9.26. The summed E-state index contributed by atoms with van der Waals surface area (Å²) in [6, 6.07) is 3.33. The van der Waals surface area contributed by atoms with Gasteiger partial charge in [-0.05, 0) is 36.7 Å². The van der Waals surface area contributed by atoms with Crippen molar-refractivity contribution in [2.45, 2.75) is 42.9 Å². The average Bonchev–Trinajstić information content (AvgIpc) is 3.28. The van der Waals surface area contributed by atoms with E-state index in [1.165, 1.54) is 6.07 Å². The summed E-state index contributed by atoms with van der Waals surface area (Å²) in [7, 11) is -4.82. The van der Waals surface area contributed by atoms with Gasteiger partial charge in [0, 0.05) is 5.41 Å². The molecule has 1 aromatic carbocycles. The van der Waals surface area contributed by atoms with Crippen LogP contribution >= 0.6 is 23.6 Å². The van der Waals surface area contributed by atoms with Crippen LogP contribution in [0.4, 0.5) is 22.2 Å². The Bertz CT molecular complexity index is 1410. The number of aryl methyl sites for hydroxylation is 1. The third-order valence-corrected chi connectivity index (χ3v) is 6.66. The van der Waals surface area contributed by atoms with Crippen LogP contribution in [0, 0.1) is 13.5 Å². The van der Waals surface area contributed by atoms with Crippen LogP contribution in [-0.2, 0) is 24.9 Å². The SMILES string of the molecule is [C-]#[N+]c1c(C)nsc1N=Nc1c(C(C)(C)C)nn(-c2cc(S(=O)(=O)[O-])ccc2SOO[O-])c1N.[Na+].[Na+]. The summed E-state index contributed by atoms with van der Waals surface area (Å²) in [4.78, 5) is 3.04. The fourth-order valence-electron chi connectivity index (χ4n) is 2.79. The Labute approximate surface area is 259 Å². The van der Waals surface area contributed by atoms with Gasteiger partial charge in [-0.2, -0.15) is 9.43 Å². The smallest absolute Gasteiger partial charge is 0.744 e. The Morgan fingerprint density at radius 1 is 1.28 bits per heavy atom. The molecule has 0 spiro atoms. The number of rotatable bonds is 7. The van der Waals surface area contributed by atoms with Crippen LogP contribution in [0.25, 0.3) is 10.5 Å². The van der Waals surface area contributed by atoms with E-state index >= 15 is 0 Å². The van der Waals surface area contributed by atoms with Gasteiger partial charge in [-0.1, -0.05) is 20.8 Å². The Balaban J connectivity index is 0.00000324. The fraction of sp³-hybridized carbons (Fsp3) is 0.278. The molecule has 0 atom stereocenters. The number of hydrogen-bond donors (Lipinski definition) is 1. The Kier molecular flexibility index (Phi) is 12.2. The van der Waals surface area contributed by atoms with E-state index in [2.05, 4.69) is 33.9 Å². The third kappa shape index (κ3) is 7.35. The Hall–Kier alpha value is -0.910. The zero-order valence-electron chi connectivity index (χ0n) is 20.2. The second-order valence-corrected chi connectivity index (χ2v) is 10.7. The van der Waals surface area contributed by atoms with Crippen molar-refractivity contribution >= 4 is 55.9 Å². The number of anilines is 1. The number of nitrogens with two attached hydrogens (primary N) is 1. The molecule has 0 saturated carbocycles. The van der Waals surface area contributed by atoms with Gasteiger partial charge < -0.3 is 15.5 Å². The zero-order chi connectivity index (χ0) is 25.3. The summed E-state index contributed by atoms with van der Waals surface area (Å²) in [6.07, 6.45) is 0. The summed E-state index contributed by atoms with van der Waals surface area (Å²) in [5.74, 6) is -0.0374. The van der Waals surface area contributed by atoms with Gasteiger partial charge in [0.1, 0.15) is 10.1 Å². The first kappa shape index (κ1) is 33.1. The minimum absolute atomic E-state index is 0.